The number of aldehydes is 1. The van der Waals surface area contributed by atoms with Crippen molar-refractivity contribution < 1.29 is 9.90 Å². The van der Waals surface area contributed by atoms with Crippen molar-refractivity contribution in [1.29, 1.82) is 0 Å². The molecule has 12 heavy (non-hydrogen) atoms. The van der Waals surface area contributed by atoms with Crippen LogP contribution in [0, 0.1) is 0 Å². The summed E-state index contributed by atoms with van der Waals surface area (Å²) in [5.41, 5.74) is 2.06. The highest BCUT2D eigenvalue weighted by Gasteiger charge is 1.88. The molecule has 2 nitrogen and oxygen atoms in total. The lowest BCUT2D eigenvalue weighted by Crippen LogP contribution is -1.84. The van der Waals surface area contributed by atoms with Crippen LogP contribution in [0.4, 0.5) is 0 Å². The van der Waals surface area contributed by atoms with Crippen LogP contribution in [-0.2, 0) is 4.79 Å². The Morgan fingerprint density at radius 1 is 1.33 bits per heavy atom. The number of aliphatic hydroxyl groups is 1. The van der Waals surface area contributed by atoms with E-state index in [2.05, 4.69) is 0 Å². The van der Waals surface area contributed by atoms with Crippen molar-refractivity contribution in [3.05, 3.63) is 23.3 Å². The molecule has 2 heteroatoms. The fourth-order valence-corrected chi connectivity index (χ4v) is 0.810. The molecule has 0 saturated carbocycles. The second kappa shape index (κ2) is 6.80. The van der Waals surface area contributed by atoms with Crippen molar-refractivity contribution in [3.8, 4) is 0 Å². The van der Waals surface area contributed by atoms with Crippen LogP contribution < -0.4 is 0 Å². The van der Waals surface area contributed by atoms with Gasteiger partial charge in [0.25, 0.3) is 0 Å². The largest absolute Gasteiger partial charge is 0.392 e. The van der Waals surface area contributed by atoms with Crippen molar-refractivity contribution in [2.24, 2.45) is 0 Å². The number of hydrogen-bond acceptors (Lipinski definition) is 2. The third-order valence-electron chi connectivity index (χ3n) is 1.63. The lowest BCUT2D eigenvalue weighted by molar-refractivity contribution is -0.104. The molecule has 0 amide bonds. The van der Waals surface area contributed by atoms with E-state index >= 15 is 0 Å². The van der Waals surface area contributed by atoms with Gasteiger partial charge in [0, 0.05) is 0 Å². The van der Waals surface area contributed by atoms with Crippen LogP contribution in [0.15, 0.2) is 23.3 Å². The predicted octanol–water partition coefficient (Wildman–Crippen LogP) is 1.85. The lowest BCUT2D eigenvalue weighted by atomic mass is 10.1. The van der Waals surface area contributed by atoms with Crippen LogP contribution in [0.3, 0.4) is 0 Å². The van der Waals surface area contributed by atoms with Crippen molar-refractivity contribution in [1.82, 2.24) is 0 Å². The molecule has 0 aliphatic heterocycles. The Morgan fingerprint density at radius 2 is 2.00 bits per heavy atom. The number of rotatable bonds is 5. The van der Waals surface area contributed by atoms with Gasteiger partial charge in [0.1, 0.15) is 6.29 Å². The maximum atomic E-state index is 10.0. The normalized spacial score (nSPS) is 13.2. The van der Waals surface area contributed by atoms with E-state index in [0.29, 0.717) is 0 Å². The van der Waals surface area contributed by atoms with Crippen molar-refractivity contribution in [2.45, 2.75) is 26.7 Å². The van der Waals surface area contributed by atoms with Crippen molar-refractivity contribution in [2.75, 3.05) is 6.61 Å². The Labute approximate surface area is 73.6 Å². The Kier molecular flexibility index (Phi) is 6.29. The Hall–Kier alpha value is -0.890. The van der Waals surface area contributed by atoms with E-state index in [1.807, 2.05) is 19.9 Å². The van der Waals surface area contributed by atoms with E-state index in [1.54, 1.807) is 6.08 Å². The van der Waals surface area contributed by atoms with Crippen LogP contribution in [0.5, 0.6) is 0 Å². The molecule has 0 rings (SSSR count). The monoisotopic (exact) mass is 168 g/mol. The third kappa shape index (κ3) is 5.86. The standard InChI is InChI=1S/C10H16O2/c1-9(6-7-11)4-3-5-10(2)8-12/h5-7,12H,3-4,8H2,1-2H3/b9-6+,10-5+. The Bertz CT molecular complexity index is 190. The fraction of sp³-hybridized carbons (Fsp3) is 0.500. The number of allylic oxidation sites excluding steroid dienone is 3. The van der Waals surface area contributed by atoms with Crippen LogP contribution >= 0.6 is 0 Å². The number of aliphatic hydroxyl groups excluding tert-OH is 1. The van der Waals surface area contributed by atoms with E-state index in [0.717, 1.165) is 30.3 Å². The van der Waals surface area contributed by atoms with E-state index < -0.39 is 0 Å². The molecule has 0 saturated heterocycles. The molecule has 1 N–H and O–H groups in total. The number of carbonyl (C=O) groups excluding carboxylic acids is 1. The maximum absolute atomic E-state index is 10.0. The highest BCUT2D eigenvalue weighted by atomic mass is 16.3. The molecule has 0 aliphatic rings. The zero-order valence-electron chi connectivity index (χ0n) is 7.71. The van der Waals surface area contributed by atoms with Gasteiger partial charge in [0.2, 0.25) is 0 Å². The average Bonchev–Trinajstić information content (AvgIpc) is 2.04. The second-order valence-corrected chi connectivity index (χ2v) is 2.90. The Balaban J connectivity index is 3.69. The second-order valence-electron chi connectivity index (χ2n) is 2.90. The van der Waals surface area contributed by atoms with Crippen LogP contribution in [0.1, 0.15) is 26.7 Å². The highest BCUT2D eigenvalue weighted by Crippen LogP contribution is 2.05. The fourth-order valence-electron chi connectivity index (χ4n) is 0.810. The van der Waals surface area contributed by atoms with Gasteiger partial charge < -0.3 is 5.11 Å². The van der Waals surface area contributed by atoms with Gasteiger partial charge in [-0.3, -0.25) is 4.79 Å². The molecule has 0 unspecified atom stereocenters. The molecule has 0 aromatic carbocycles. The van der Waals surface area contributed by atoms with Gasteiger partial charge in [-0.05, 0) is 32.8 Å². The summed E-state index contributed by atoms with van der Waals surface area (Å²) in [6.45, 7) is 3.94. The summed E-state index contributed by atoms with van der Waals surface area (Å²) < 4.78 is 0. The minimum atomic E-state index is 0.121. The molecule has 0 atom stereocenters. The maximum Gasteiger partial charge on any atom is 0.142 e. The summed E-state index contributed by atoms with van der Waals surface area (Å²) in [6.07, 6.45) is 6.14. The third-order valence-corrected chi connectivity index (χ3v) is 1.63. The predicted molar refractivity (Wildman–Crippen MR) is 49.9 cm³/mol. The van der Waals surface area contributed by atoms with E-state index in [1.165, 1.54) is 0 Å². The van der Waals surface area contributed by atoms with Gasteiger partial charge in [-0.25, -0.2) is 0 Å². The average molecular weight is 168 g/mol. The van der Waals surface area contributed by atoms with Gasteiger partial charge in [-0.1, -0.05) is 17.2 Å². The molecule has 0 bridgehead atoms. The summed E-state index contributed by atoms with van der Waals surface area (Å²) in [5.74, 6) is 0. The van der Waals surface area contributed by atoms with Gasteiger partial charge >= 0.3 is 0 Å². The molecular weight excluding hydrogens is 152 g/mol. The first-order valence-corrected chi connectivity index (χ1v) is 4.08. The first-order valence-electron chi connectivity index (χ1n) is 4.08. The smallest absolute Gasteiger partial charge is 0.142 e. The van der Waals surface area contributed by atoms with Crippen molar-refractivity contribution in [3.63, 3.8) is 0 Å². The van der Waals surface area contributed by atoms with Crippen molar-refractivity contribution >= 4 is 6.29 Å². The molecule has 0 heterocycles. The van der Waals surface area contributed by atoms with Crippen LogP contribution in [0.25, 0.3) is 0 Å². The van der Waals surface area contributed by atoms with E-state index in [9.17, 15) is 4.79 Å². The first-order chi connectivity index (χ1) is 5.70. The molecule has 0 spiro atoms. The number of carbonyl (C=O) groups is 1. The highest BCUT2D eigenvalue weighted by molar-refractivity contribution is 5.65. The zero-order chi connectivity index (χ0) is 9.40. The molecule has 68 valence electrons. The summed E-state index contributed by atoms with van der Waals surface area (Å²) in [4.78, 5) is 10.0. The van der Waals surface area contributed by atoms with Crippen LogP contribution in [-0.4, -0.2) is 18.0 Å². The lowest BCUT2D eigenvalue weighted by Gasteiger charge is -1.96. The topological polar surface area (TPSA) is 37.3 Å². The molecule has 0 aromatic heterocycles. The molecule has 0 fully saturated rings. The summed E-state index contributed by atoms with van der Waals surface area (Å²) in [6, 6.07) is 0. The van der Waals surface area contributed by atoms with Crippen LogP contribution in [0.2, 0.25) is 0 Å². The summed E-state index contributed by atoms with van der Waals surface area (Å²) >= 11 is 0. The quantitative estimate of drug-likeness (QED) is 0.386. The molecule has 0 aromatic rings. The molecular formula is C10H16O2. The molecule has 0 aliphatic carbocycles. The minimum Gasteiger partial charge on any atom is -0.392 e. The van der Waals surface area contributed by atoms with Gasteiger partial charge in [-0.15, -0.1) is 0 Å². The Morgan fingerprint density at radius 3 is 2.50 bits per heavy atom. The van der Waals surface area contributed by atoms with E-state index in [-0.39, 0.29) is 6.61 Å². The molecule has 0 radical (unpaired) electrons. The zero-order valence-corrected chi connectivity index (χ0v) is 7.71. The summed E-state index contributed by atoms with van der Waals surface area (Å²) in [5, 5.41) is 8.66. The van der Waals surface area contributed by atoms with Gasteiger partial charge in [-0.2, -0.15) is 0 Å². The SMILES string of the molecule is C/C(=C\CC/C(C)=C/C=O)CO. The van der Waals surface area contributed by atoms with E-state index in [4.69, 9.17) is 5.11 Å². The minimum absolute atomic E-state index is 0.121. The van der Waals surface area contributed by atoms with Gasteiger partial charge in [0.05, 0.1) is 6.61 Å². The van der Waals surface area contributed by atoms with Gasteiger partial charge in [0.15, 0.2) is 0 Å². The summed E-state index contributed by atoms with van der Waals surface area (Å²) in [7, 11) is 0. The first kappa shape index (κ1) is 11.1. The number of hydrogen-bond donors (Lipinski definition) is 1.